The molecule has 33 heavy (non-hydrogen) atoms. The van der Waals surface area contributed by atoms with Crippen molar-refractivity contribution >= 4 is 26.9 Å². The maximum atomic E-state index is 14.0. The minimum atomic E-state index is -3.84. The monoisotopic (exact) mass is 477 g/mol. The second kappa shape index (κ2) is 8.83. The number of carboxylic acid groups (broad SMARTS) is 1. The van der Waals surface area contributed by atoms with Crippen molar-refractivity contribution in [3.63, 3.8) is 0 Å². The quantitative estimate of drug-likeness (QED) is 0.552. The van der Waals surface area contributed by atoms with Crippen LogP contribution >= 0.6 is 0 Å². The first kappa shape index (κ1) is 23.3. The summed E-state index contributed by atoms with van der Waals surface area (Å²) in [5.74, 6) is -2.02. The number of fused-ring (bicyclic) bond motifs is 1. The number of aliphatic carboxylic acids is 1. The lowest BCUT2D eigenvalue weighted by Crippen LogP contribution is -2.40. The highest BCUT2D eigenvalue weighted by molar-refractivity contribution is 7.89. The van der Waals surface area contributed by atoms with Crippen LogP contribution in [0.25, 0.3) is 10.9 Å². The molecule has 1 aliphatic rings. The Bertz CT molecular complexity index is 1290. The maximum Gasteiger partial charge on any atom is 0.309 e. The number of aromatic nitrogens is 2. The van der Waals surface area contributed by atoms with Gasteiger partial charge in [-0.3, -0.25) is 9.48 Å². The zero-order chi connectivity index (χ0) is 23.9. The van der Waals surface area contributed by atoms with E-state index >= 15 is 0 Å². The fraction of sp³-hybridized carbons (Fsp3) is 0.391. The molecule has 3 aromatic rings. The van der Waals surface area contributed by atoms with E-state index in [1.54, 1.807) is 4.68 Å². The molecule has 10 heteroatoms. The number of hydrogen-bond acceptors (Lipinski definition) is 4. The molecule has 1 aromatic heterocycles. The van der Waals surface area contributed by atoms with E-state index in [-0.39, 0.29) is 29.4 Å². The average Bonchev–Trinajstić information content (AvgIpc) is 3.28. The van der Waals surface area contributed by atoms with Crippen LogP contribution < -0.4 is 0 Å². The molecule has 1 N–H and O–H groups in total. The Balaban J connectivity index is 1.66. The molecule has 0 radical (unpaired) electrons. The summed E-state index contributed by atoms with van der Waals surface area (Å²) < 4.78 is 57.0. The first-order valence-electron chi connectivity index (χ1n) is 10.8. The fourth-order valence-electron chi connectivity index (χ4n) is 4.71. The van der Waals surface area contributed by atoms with Crippen molar-refractivity contribution in [1.29, 1.82) is 0 Å². The molecule has 176 valence electrons. The van der Waals surface area contributed by atoms with Gasteiger partial charge in [0.05, 0.1) is 28.6 Å². The molecule has 0 saturated carbocycles. The molecule has 1 aliphatic heterocycles. The second-order valence-electron chi connectivity index (χ2n) is 8.58. The van der Waals surface area contributed by atoms with Gasteiger partial charge in [-0.2, -0.15) is 9.40 Å². The number of nitrogens with zero attached hydrogens (tertiary/aromatic N) is 3. The molecule has 0 bridgehead atoms. The second-order valence-corrected chi connectivity index (χ2v) is 10.4. The molecule has 0 amide bonds. The smallest absolute Gasteiger partial charge is 0.309 e. The van der Waals surface area contributed by atoms with Crippen molar-refractivity contribution in [2.24, 2.45) is 0 Å². The van der Waals surface area contributed by atoms with E-state index in [2.05, 4.69) is 5.10 Å². The van der Waals surface area contributed by atoms with Crippen LogP contribution in [0, 0.1) is 11.6 Å². The largest absolute Gasteiger partial charge is 0.481 e. The van der Waals surface area contributed by atoms with Crippen molar-refractivity contribution in [3.05, 3.63) is 59.8 Å². The standard InChI is InChI=1S/C23H25F2N3O4S/c1-14-3-7-18(28(14)33(31,32)19-8-4-16(24)5-9-19)11-15(2)27-22-12-17(25)6-10-20(22)21(26-27)13-23(29)30/h4-6,8-10,12,14-15,18H,3,7,11,13H2,1-2H3,(H,29,30)/t14-,15+,18-/m1/s1. The van der Waals surface area contributed by atoms with E-state index < -0.39 is 27.6 Å². The van der Waals surface area contributed by atoms with Gasteiger partial charge < -0.3 is 5.11 Å². The number of carbonyl (C=O) groups is 1. The van der Waals surface area contributed by atoms with E-state index in [0.29, 0.717) is 35.9 Å². The van der Waals surface area contributed by atoms with Gasteiger partial charge in [0.25, 0.3) is 0 Å². The molecule has 7 nitrogen and oxygen atoms in total. The zero-order valence-electron chi connectivity index (χ0n) is 18.3. The van der Waals surface area contributed by atoms with Gasteiger partial charge in [-0.05, 0) is 75.6 Å². The van der Waals surface area contributed by atoms with Gasteiger partial charge in [-0.15, -0.1) is 0 Å². The number of rotatable bonds is 7. The topological polar surface area (TPSA) is 92.5 Å². The summed E-state index contributed by atoms with van der Waals surface area (Å²) in [6, 6.07) is 7.98. The van der Waals surface area contributed by atoms with Gasteiger partial charge in [-0.25, -0.2) is 17.2 Å². The van der Waals surface area contributed by atoms with Gasteiger partial charge >= 0.3 is 5.97 Å². The van der Waals surface area contributed by atoms with Crippen LogP contribution in [0.5, 0.6) is 0 Å². The lowest BCUT2D eigenvalue weighted by Gasteiger charge is -2.29. The van der Waals surface area contributed by atoms with Crippen LogP contribution in [0.1, 0.15) is 44.8 Å². The third-order valence-electron chi connectivity index (χ3n) is 6.20. The SMILES string of the molecule is C[C@@H]1CC[C@H](C[C@H](C)n2nc(CC(=O)O)c3ccc(F)cc32)N1S(=O)(=O)c1ccc(F)cc1. The van der Waals surface area contributed by atoms with E-state index in [1.165, 1.54) is 34.6 Å². The number of halogens is 2. The average molecular weight is 478 g/mol. The summed E-state index contributed by atoms with van der Waals surface area (Å²) in [6.45, 7) is 3.70. The molecule has 1 fully saturated rings. The van der Waals surface area contributed by atoms with Crippen LogP contribution in [0.2, 0.25) is 0 Å². The van der Waals surface area contributed by atoms with Crippen LogP contribution in [0.3, 0.4) is 0 Å². The third-order valence-corrected chi connectivity index (χ3v) is 8.28. The van der Waals surface area contributed by atoms with Crippen molar-refractivity contribution in [2.75, 3.05) is 0 Å². The zero-order valence-corrected chi connectivity index (χ0v) is 19.1. The van der Waals surface area contributed by atoms with Gasteiger partial charge in [0.2, 0.25) is 10.0 Å². The number of hydrogen-bond donors (Lipinski definition) is 1. The lowest BCUT2D eigenvalue weighted by molar-refractivity contribution is -0.136. The minimum absolute atomic E-state index is 0.0330. The van der Waals surface area contributed by atoms with E-state index in [4.69, 9.17) is 0 Å². The highest BCUT2D eigenvalue weighted by Gasteiger charge is 2.41. The predicted molar refractivity (Wildman–Crippen MR) is 118 cm³/mol. The van der Waals surface area contributed by atoms with E-state index in [9.17, 15) is 27.1 Å². The number of benzene rings is 2. The van der Waals surface area contributed by atoms with Crippen molar-refractivity contribution < 1.29 is 27.1 Å². The number of sulfonamides is 1. The Kier molecular flexibility index (Phi) is 6.24. The van der Waals surface area contributed by atoms with Gasteiger partial charge in [0, 0.05) is 17.5 Å². The van der Waals surface area contributed by atoms with Crippen molar-refractivity contribution in [2.45, 2.75) is 62.6 Å². The number of carboxylic acids is 1. The lowest BCUT2D eigenvalue weighted by atomic mass is 10.1. The van der Waals surface area contributed by atoms with Gasteiger partial charge in [-0.1, -0.05) is 0 Å². The van der Waals surface area contributed by atoms with Crippen LogP contribution in [-0.4, -0.2) is 45.7 Å². The Morgan fingerprint density at radius 2 is 1.82 bits per heavy atom. The van der Waals surface area contributed by atoms with Crippen LogP contribution in [-0.2, 0) is 21.2 Å². The Morgan fingerprint density at radius 3 is 2.48 bits per heavy atom. The van der Waals surface area contributed by atoms with E-state index in [1.807, 2.05) is 13.8 Å². The highest BCUT2D eigenvalue weighted by Crippen LogP contribution is 2.36. The summed E-state index contributed by atoms with van der Waals surface area (Å²) in [5.41, 5.74) is 0.803. The third kappa shape index (κ3) is 4.49. The molecular formula is C23H25F2N3O4S. The van der Waals surface area contributed by atoms with Crippen molar-refractivity contribution in [1.82, 2.24) is 14.1 Å². The fourth-order valence-corrected chi connectivity index (χ4v) is 6.60. The molecule has 3 atom stereocenters. The van der Waals surface area contributed by atoms with Crippen LogP contribution in [0.4, 0.5) is 8.78 Å². The van der Waals surface area contributed by atoms with Crippen molar-refractivity contribution in [3.8, 4) is 0 Å². The molecular weight excluding hydrogens is 452 g/mol. The molecule has 0 spiro atoms. The molecule has 4 rings (SSSR count). The first-order valence-corrected chi connectivity index (χ1v) is 12.2. The highest BCUT2D eigenvalue weighted by atomic mass is 32.2. The van der Waals surface area contributed by atoms with Gasteiger partial charge in [0.1, 0.15) is 11.6 Å². The molecule has 0 aliphatic carbocycles. The summed E-state index contributed by atoms with van der Waals surface area (Å²) in [6.07, 6.45) is 1.43. The molecule has 2 heterocycles. The molecule has 0 unspecified atom stereocenters. The predicted octanol–water partition coefficient (Wildman–Crippen LogP) is 4.13. The first-order chi connectivity index (χ1) is 15.6. The summed E-state index contributed by atoms with van der Waals surface area (Å²) in [7, 11) is -3.84. The van der Waals surface area contributed by atoms with E-state index in [0.717, 1.165) is 12.1 Å². The van der Waals surface area contributed by atoms with Gasteiger partial charge in [0.15, 0.2) is 0 Å². The Hall–Kier alpha value is -2.85. The normalized spacial score (nSPS) is 20.4. The summed E-state index contributed by atoms with van der Waals surface area (Å²) in [5, 5.41) is 14.2. The molecule has 2 aromatic carbocycles. The maximum absolute atomic E-state index is 14.0. The van der Waals surface area contributed by atoms with Crippen LogP contribution in [0.15, 0.2) is 47.4 Å². The molecule has 1 saturated heterocycles. The Morgan fingerprint density at radius 1 is 1.15 bits per heavy atom. The Labute approximate surface area is 190 Å². The minimum Gasteiger partial charge on any atom is -0.481 e. The summed E-state index contributed by atoms with van der Waals surface area (Å²) in [4.78, 5) is 11.3. The summed E-state index contributed by atoms with van der Waals surface area (Å²) >= 11 is 0.